The molecule has 1 aromatic carbocycles. The van der Waals surface area contributed by atoms with Crippen LogP contribution in [0.25, 0.3) is 0 Å². The lowest BCUT2D eigenvalue weighted by atomic mass is 10.2. The maximum absolute atomic E-state index is 11.6. The average molecular weight is 308 g/mol. The molecule has 0 spiro atoms. The number of esters is 1. The van der Waals surface area contributed by atoms with E-state index in [9.17, 15) is 4.79 Å². The third-order valence-electron chi connectivity index (χ3n) is 2.89. The maximum atomic E-state index is 11.6. The second kappa shape index (κ2) is 5.49. The molecule has 0 atom stereocenters. The predicted octanol–water partition coefficient (Wildman–Crippen LogP) is 1.82. The molecule has 0 saturated carbocycles. The highest BCUT2D eigenvalue weighted by Crippen LogP contribution is 2.33. The molecule has 0 aliphatic carbocycles. The number of hydrogen-bond donors (Lipinski definition) is 1. The van der Waals surface area contributed by atoms with Crippen LogP contribution in [0.2, 0.25) is 0 Å². The number of fused-ring (bicyclic) bond motifs is 1. The van der Waals surface area contributed by atoms with Gasteiger partial charge in [0.25, 0.3) is 0 Å². The minimum Gasteiger partial charge on any atom is -0.472 e. The molecule has 3 rings (SSSR count). The Morgan fingerprint density at radius 2 is 2.24 bits per heavy atom. The van der Waals surface area contributed by atoms with Gasteiger partial charge in [-0.25, -0.2) is 4.79 Å². The zero-order chi connectivity index (χ0) is 14.8. The molecule has 0 unspecified atom stereocenters. The van der Waals surface area contributed by atoms with Crippen molar-refractivity contribution in [2.24, 2.45) is 0 Å². The molecule has 2 heterocycles. The smallest absolute Gasteiger partial charge is 0.346 e. The first-order valence-electron chi connectivity index (χ1n) is 6.04. The summed E-state index contributed by atoms with van der Waals surface area (Å²) in [5.41, 5.74) is 6.72. The molecule has 0 bridgehead atoms. The summed E-state index contributed by atoms with van der Waals surface area (Å²) in [4.78, 5) is 11.6. The highest BCUT2D eigenvalue weighted by Gasteiger charge is 2.21. The first-order valence-corrected chi connectivity index (χ1v) is 6.81. The van der Waals surface area contributed by atoms with Gasteiger partial charge in [-0.2, -0.15) is 4.37 Å². The summed E-state index contributed by atoms with van der Waals surface area (Å²) in [6, 6.07) is 5.47. The number of carbonyl (C=O) groups excluding carboxylic acids is 1. The van der Waals surface area contributed by atoms with Gasteiger partial charge in [-0.15, -0.1) is 0 Å². The zero-order valence-electron chi connectivity index (χ0n) is 11.1. The molecule has 7 nitrogen and oxygen atoms in total. The van der Waals surface area contributed by atoms with Crippen LogP contribution in [-0.4, -0.2) is 24.2 Å². The second-order valence-corrected chi connectivity index (χ2v) is 5.00. The van der Waals surface area contributed by atoms with Gasteiger partial charge in [0.15, 0.2) is 17.1 Å². The fraction of sp³-hybridized carbons (Fsp3) is 0.231. The van der Waals surface area contributed by atoms with E-state index in [0.717, 1.165) is 17.1 Å². The lowest BCUT2D eigenvalue weighted by molar-refractivity contribution is 0.0597. The monoisotopic (exact) mass is 308 g/mol. The van der Waals surface area contributed by atoms with Crippen LogP contribution in [0.4, 0.5) is 5.00 Å². The molecule has 110 valence electrons. The van der Waals surface area contributed by atoms with Gasteiger partial charge in [0.1, 0.15) is 11.6 Å². The van der Waals surface area contributed by atoms with Crippen LogP contribution in [-0.2, 0) is 11.3 Å². The van der Waals surface area contributed by atoms with Crippen molar-refractivity contribution >= 4 is 22.5 Å². The van der Waals surface area contributed by atoms with E-state index in [2.05, 4.69) is 9.11 Å². The highest BCUT2D eigenvalue weighted by molar-refractivity contribution is 7.10. The molecule has 1 aromatic heterocycles. The second-order valence-electron chi connectivity index (χ2n) is 4.19. The van der Waals surface area contributed by atoms with Gasteiger partial charge >= 0.3 is 5.97 Å². The summed E-state index contributed by atoms with van der Waals surface area (Å²) in [5, 5.41) is 0.266. The van der Waals surface area contributed by atoms with Crippen molar-refractivity contribution in [2.75, 3.05) is 19.6 Å². The maximum Gasteiger partial charge on any atom is 0.346 e. The van der Waals surface area contributed by atoms with E-state index >= 15 is 0 Å². The summed E-state index contributed by atoms with van der Waals surface area (Å²) in [5.74, 6) is 0.970. The van der Waals surface area contributed by atoms with Crippen molar-refractivity contribution in [2.45, 2.75) is 6.61 Å². The first kappa shape index (κ1) is 13.5. The molecule has 0 radical (unpaired) electrons. The number of nitrogens with two attached hydrogens (primary N) is 1. The third-order valence-corrected chi connectivity index (χ3v) is 3.55. The number of aromatic nitrogens is 1. The minimum atomic E-state index is -0.568. The predicted molar refractivity (Wildman–Crippen MR) is 74.8 cm³/mol. The van der Waals surface area contributed by atoms with Crippen LogP contribution in [0, 0.1) is 0 Å². The number of rotatable bonds is 4. The Bertz CT molecular complexity index is 685. The lowest BCUT2D eigenvalue weighted by Gasteiger charge is -2.06. The molecule has 1 aliphatic rings. The Hall–Kier alpha value is -2.48. The molecule has 0 amide bonds. The van der Waals surface area contributed by atoms with Gasteiger partial charge in [-0.3, -0.25) is 0 Å². The molecule has 2 aromatic rings. The molecule has 0 saturated heterocycles. The van der Waals surface area contributed by atoms with E-state index in [-0.39, 0.29) is 29.8 Å². The Balaban J connectivity index is 1.75. The van der Waals surface area contributed by atoms with Gasteiger partial charge in [0.05, 0.1) is 7.11 Å². The van der Waals surface area contributed by atoms with Crippen molar-refractivity contribution in [3.8, 4) is 17.4 Å². The van der Waals surface area contributed by atoms with Gasteiger partial charge in [-0.05, 0) is 29.2 Å². The average Bonchev–Trinajstić information content (AvgIpc) is 3.10. The molecule has 8 heteroatoms. The quantitative estimate of drug-likeness (QED) is 0.861. The van der Waals surface area contributed by atoms with Crippen LogP contribution in [0.5, 0.6) is 17.4 Å². The summed E-state index contributed by atoms with van der Waals surface area (Å²) >= 11 is 0.987. The molecule has 2 N–H and O–H groups in total. The van der Waals surface area contributed by atoms with E-state index in [1.807, 2.05) is 12.1 Å². The Morgan fingerprint density at radius 3 is 3.05 bits per heavy atom. The number of nitrogens with zero attached hydrogens (tertiary/aromatic N) is 1. The van der Waals surface area contributed by atoms with Crippen LogP contribution >= 0.6 is 11.5 Å². The Kier molecular flexibility index (Phi) is 3.53. The molecular weight excluding hydrogens is 296 g/mol. The molecular formula is C13H12N2O5S. The summed E-state index contributed by atoms with van der Waals surface area (Å²) in [6.45, 7) is 0.443. The topological polar surface area (TPSA) is 92.9 Å². The van der Waals surface area contributed by atoms with Crippen LogP contribution in [0.3, 0.4) is 0 Å². The summed E-state index contributed by atoms with van der Waals surface area (Å²) < 4.78 is 24.7. The van der Waals surface area contributed by atoms with E-state index in [1.165, 1.54) is 7.11 Å². The number of benzene rings is 1. The van der Waals surface area contributed by atoms with Gasteiger partial charge < -0.3 is 24.7 Å². The SMILES string of the molecule is COC(=O)c1c(OCc2ccc3c(c2)OCO3)nsc1N. The fourth-order valence-corrected chi connectivity index (χ4v) is 2.45. The standard InChI is InChI=1S/C13H12N2O5S/c1-17-13(16)10-11(14)21-15-12(10)18-5-7-2-3-8-9(4-7)20-6-19-8/h2-4H,5-6,14H2,1H3. The number of methoxy groups -OCH3 is 1. The number of anilines is 1. The van der Waals surface area contributed by atoms with Crippen molar-refractivity contribution in [1.82, 2.24) is 4.37 Å². The van der Waals surface area contributed by atoms with Crippen LogP contribution in [0.15, 0.2) is 18.2 Å². The Labute approximate surface area is 124 Å². The third kappa shape index (κ3) is 2.57. The molecule has 1 aliphatic heterocycles. The van der Waals surface area contributed by atoms with Gasteiger partial charge in [0, 0.05) is 0 Å². The van der Waals surface area contributed by atoms with E-state index in [4.69, 9.17) is 19.9 Å². The number of hydrogen-bond acceptors (Lipinski definition) is 8. The van der Waals surface area contributed by atoms with Gasteiger partial charge in [-0.1, -0.05) is 6.07 Å². The van der Waals surface area contributed by atoms with Crippen molar-refractivity contribution in [3.63, 3.8) is 0 Å². The van der Waals surface area contributed by atoms with E-state index < -0.39 is 5.97 Å². The fourth-order valence-electron chi connectivity index (χ4n) is 1.86. The van der Waals surface area contributed by atoms with Crippen LogP contribution in [0.1, 0.15) is 15.9 Å². The number of carbonyl (C=O) groups is 1. The molecule has 0 fully saturated rings. The summed E-state index contributed by atoms with van der Waals surface area (Å²) in [6.07, 6.45) is 0. The largest absolute Gasteiger partial charge is 0.472 e. The van der Waals surface area contributed by atoms with Crippen LogP contribution < -0.4 is 19.9 Å². The minimum absolute atomic E-state index is 0.156. The van der Waals surface area contributed by atoms with Crippen molar-refractivity contribution in [3.05, 3.63) is 29.3 Å². The molecule has 21 heavy (non-hydrogen) atoms. The first-order chi connectivity index (χ1) is 10.2. The highest BCUT2D eigenvalue weighted by atomic mass is 32.1. The van der Waals surface area contributed by atoms with E-state index in [1.54, 1.807) is 6.07 Å². The number of ether oxygens (including phenoxy) is 4. The summed E-state index contributed by atoms with van der Waals surface area (Å²) in [7, 11) is 1.28. The van der Waals surface area contributed by atoms with Gasteiger partial charge in [0.2, 0.25) is 12.7 Å². The van der Waals surface area contributed by atoms with Crippen molar-refractivity contribution in [1.29, 1.82) is 0 Å². The zero-order valence-corrected chi connectivity index (χ0v) is 11.9. The Morgan fingerprint density at radius 1 is 1.43 bits per heavy atom. The van der Waals surface area contributed by atoms with E-state index in [0.29, 0.717) is 11.5 Å². The van der Waals surface area contributed by atoms with Crippen molar-refractivity contribution < 1.29 is 23.7 Å². The normalized spacial score (nSPS) is 12.2. The number of nitrogen functional groups attached to an aromatic ring is 1. The lowest BCUT2D eigenvalue weighted by Crippen LogP contribution is -2.06.